The number of hydrogen-bond donors (Lipinski definition) is 2. The van der Waals surface area contributed by atoms with Crippen molar-refractivity contribution >= 4 is 11.9 Å². The maximum absolute atomic E-state index is 12.1. The molecule has 1 aromatic rings. The molecular formula is C18H27NO3. The number of nitrogens with one attached hydrogen (secondary N) is 1. The number of rotatable bonds is 8. The summed E-state index contributed by atoms with van der Waals surface area (Å²) in [7, 11) is 0. The number of benzene rings is 1. The SMILES string of the molecule is Cc1ccc(CCCC(=O)NC(C)(CC(=O)O)C(C)C)cc1. The van der Waals surface area contributed by atoms with Gasteiger partial charge >= 0.3 is 5.97 Å². The van der Waals surface area contributed by atoms with Crippen molar-refractivity contribution in [3.8, 4) is 0 Å². The summed E-state index contributed by atoms with van der Waals surface area (Å²) >= 11 is 0. The molecule has 0 spiro atoms. The second kappa shape index (κ2) is 7.97. The van der Waals surface area contributed by atoms with Crippen molar-refractivity contribution in [2.45, 2.75) is 58.9 Å². The van der Waals surface area contributed by atoms with Gasteiger partial charge in [0, 0.05) is 12.0 Å². The van der Waals surface area contributed by atoms with E-state index < -0.39 is 11.5 Å². The van der Waals surface area contributed by atoms with Crippen LogP contribution in [0.2, 0.25) is 0 Å². The van der Waals surface area contributed by atoms with Crippen LogP contribution in [0.1, 0.15) is 51.2 Å². The number of hydrogen-bond acceptors (Lipinski definition) is 2. The monoisotopic (exact) mass is 305 g/mol. The first-order valence-electron chi connectivity index (χ1n) is 7.81. The molecule has 0 fully saturated rings. The molecule has 1 amide bonds. The Labute approximate surface area is 132 Å². The van der Waals surface area contributed by atoms with Crippen LogP contribution in [0.5, 0.6) is 0 Å². The minimum absolute atomic E-state index is 0.0599. The summed E-state index contributed by atoms with van der Waals surface area (Å²) in [6.45, 7) is 7.70. The van der Waals surface area contributed by atoms with Crippen molar-refractivity contribution in [1.29, 1.82) is 0 Å². The molecule has 4 heteroatoms. The highest BCUT2D eigenvalue weighted by atomic mass is 16.4. The molecule has 0 heterocycles. The van der Waals surface area contributed by atoms with E-state index in [1.54, 1.807) is 6.92 Å². The van der Waals surface area contributed by atoms with Crippen LogP contribution in [0, 0.1) is 12.8 Å². The molecule has 22 heavy (non-hydrogen) atoms. The molecule has 0 bridgehead atoms. The number of carbonyl (C=O) groups excluding carboxylic acids is 1. The summed E-state index contributed by atoms with van der Waals surface area (Å²) in [5, 5.41) is 11.9. The van der Waals surface area contributed by atoms with Crippen molar-refractivity contribution in [3.63, 3.8) is 0 Å². The largest absolute Gasteiger partial charge is 0.481 e. The van der Waals surface area contributed by atoms with E-state index >= 15 is 0 Å². The van der Waals surface area contributed by atoms with Crippen molar-refractivity contribution < 1.29 is 14.7 Å². The van der Waals surface area contributed by atoms with Gasteiger partial charge in [0.05, 0.1) is 6.42 Å². The zero-order valence-electron chi connectivity index (χ0n) is 14.0. The summed E-state index contributed by atoms with van der Waals surface area (Å²) in [6, 6.07) is 8.29. The van der Waals surface area contributed by atoms with Gasteiger partial charge in [0.25, 0.3) is 0 Å². The fourth-order valence-corrected chi connectivity index (χ4v) is 2.30. The first-order valence-corrected chi connectivity index (χ1v) is 7.81. The molecule has 0 aliphatic rings. The van der Waals surface area contributed by atoms with Crippen LogP contribution in [0.4, 0.5) is 0 Å². The third kappa shape index (κ3) is 5.88. The van der Waals surface area contributed by atoms with Gasteiger partial charge in [-0.25, -0.2) is 0 Å². The molecule has 2 N–H and O–H groups in total. The zero-order valence-corrected chi connectivity index (χ0v) is 14.0. The fraction of sp³-hybridized carbons (Fsp3) is 0.556. The van der Waals surface area contributed by atoms with Gasteiger partial charge < -0.3 is 10.4 Å². The van der Waals surface area contributed by atoms with Crippen molar-refractivity contribution in [3.05, 3.63) is 35.4 Å². The molecule has 1 unspecified atom stereocenters. The number of aliphatic carboxylic acids is 1. The minimum Gasteiger partial charge on any atom is -0.481 e. The Morgan fingerprint density at radius 1 is 1.23 bits per heavy atom. The Balaban J connectivity index is 2.47. The van der Waals surface area contributed by atoms with E-state index in [9.17, 15) is 9.59 Å². The third-order valence-corrected chi connectivity index (χ3v) is 4.21. The highest BCUT2D eigenvalue weighted by Gasteiger charge is 2.32. The van der Waals surface area contributed by atoms with Crippen LogP contribution in [-0.2, 0) is 16.0 Å². The lowest BCUT2D eigenvalue weighted by molar-refractivity contribution is -0.139. The van der Waals surface area contributed by atoms with Crippen LogP contribution in [-0.4, -0.2) is 22.5 Å². The van der Waals surface area contributed by atoms with Crippen molar-refractivity contribution in [1.82, 2.24) is 5.32 Å². The van der Waals surface area contributed by atoms with E-state index in [-0.39, 0.29) is 18.2 Å². The maximum atomic E-state index is 12.1. The van der Waals surface area contributed by atoms with Crippen molar-refractivity contribution in [2.24, 2.45) is 5.92 Å². The fourth-order valence-electron chi connectivity index (χ4n) is 2.30. The molecule has 0 aliphatic heterocycles. The van der Waals surface area contributed by atoms with Gasteiger partial charge in [-0.15, -0.1) is 0 Å². The van der Waals surface area contributed by atoms with E-state index in [1.807, 2.05) is 20.8 Å². The molecule has 122 valence electrons. The number of carboxylic acid groups (broad SMARTS) is 1. The van der Waals surface area contributed by atoms with E-state index in [2.05, 4.69) is 29.6 Å². The van der Waals surface area contributed by atoms with E-state index in [0.717, 1.165) is 12.8 Å². The molecule has 1 atom stereocenters. The molecule has 1 rings (SSSR count). The summed E-state index contributed by atoms with van der Waals surface area (Å²) < 4.78 is 0. The molecule has 1 aromatic carbocycles. The first kappa shape index (κ1) is 18.2. The van der Waals surface area contributed by atoms with Crippen LogP contribution in [0.3, 0.4) is 0 Å². The van der Waals surface area contributed by atoms with Gasteiger partial charge in [0.2, 0.25) is 5.91 Å². The lowest BCUT2D eigenvalue weighted by atomic mass is 9.85. The van der Waals surface area contributed by atoms with Gasteiger partial charge in [0.15, 0.2) is 0 Å². The van der Waals surface area contributed by atoms with Gasteiger partial charge in [-0.3, -0.25) is 9.59 Å². The van der Waals surface area contributed by atoms with Crippen LogP contribution >= 0.6 is 0 Å². The third-order valence-electron chi connectivity index (χ3n) is 4.21. The summed E-state index contributed by atoms with van der Waals surface area (Å²) in [6.07, 6.45) is 1.96. The molecule has 0 saturated carbocycles. The average Bonchev–Trinajstić information content (AvgIpc) is 2.39. The number of amides is 1. The molecule has 0 radical (unpaired) electrons. The van der Waals surface area contributed by atoms with Crippen LogP contribution < -0.4 is 5.32 Å². The average molecular weight is 305 g/mol. The molecule has 4 nitrogen and oxygen atoms in total. The zero-order chi connectivity index (χ0) is 16.8. The Bertz CT molecular complexity index is 508. The lowest BCUT2D eigenvalue weighted by Gasteiger charge is -2.33. The van der Waals surface area contributed by atoms with E-state index in [4.69, 9.17) is 5.11 Å². The number of aryl methyl sites for hydroxylation is 2. The lowest BCUT2D eigenvalue weighted by Crippen LogP contribution is -2.51. The standard InChI is InChI=1S/C18H27NO3/c1-13(2)18(4,12-17(21)22)19-16(20)7-5-6-15-10-8-14(3)9-11-15/h8-11,13H,5-7,12H2,1-4H3,(H,19,20)(H,21,22). The van der Waals surface area contributed by atoms with Gasteiger partial charge in [-0.05, 0) is 38.2 Å². The van der Waals surface area contributed by atoms with Crippen LogP contribution in [0.15, 0.2) is 24.3 Å². The molecular weight excluding hydrogens is 278 g/mol. The predicted octanol–water partition coefficient (Wildman–Crippen LogP) is 3.32. The minimum atomic E-state index is -0.892. The van der Waals surface area contributed by atoms with Crippen LogP contribution in [0.25, 0.3) is 0 Å². The number of carbonyl (C=O) groups is 2. The maximum Gasteiger partial charge on any atom is 0.305 e. The first-order chi connectivity index (χ1) is 10.2. The summed E-state index contributed by atoms with van der Waals surface area (Å²) in [5.74, 6) is -0.912. The van der Waals surface area contributed by atoms with Gasteiger partial charge in [-0.1, -0.05) is 43.7 Å². The van der Waals surface area contributed by atoms with Crippen molar-refractivity contribution in [2.75, 3.05) is 0 Å². The van der Waals surface area contributed by atoms with Gasteiger partial charge in [-0.2, -0.15) is 0 Å². The Morgan fingerprint density at radius 2 is 1.82 bits per heavy atom. The Kier molecular flexibility index (Phi) is 6.60. The van der Waals surface area contributed by atoms with Gasteiger partial charge in [0.1, 0.15) is 0 Å². The second-order valence-electron chi connectivity index (χ2n) is 6.53. The normalized spacial score (nSPS) is 13.7. The molecule has 0 aliphatic carbocycles. The smallest absolute Gasteiger partial charge is 0.305 e. The highest BCUT2D eigenvalue weighted by Crippen LogP contribution is 2.21. The highest BCUT2D eigenvalue weighted by molar-refractivity contribution is 5.78. The Morgan fingerprint density at radius 3 is 2.32 bits per heavy atom. The molecule has 0 saturated heterocycles. The number of carboxylic acids is 1. The summed E-state index contributed by atoms with van der Waals surface area (Å²) in [5.41, 5.74) is 1.74. The quantitative estimate of drug-likeness (QED) is 0.774. The Hall–Kier alpha value is -1.84. The predicted molar refractivity (Wildman–Crippen MR) is 87.8 cm³/mol. The molecule has 0 aromatic heterocycles. The second-order valence-corrected chi connectivity index (χ2v) is 6.53. The summed E-state index contributed by atoms with van der Waals surface area (Å²) in [4.78, 5) is 23.1. The van der Waals surface area contributed by atoms with E-state index in [0.29, 0.717) is 6.42 Å². The van der Waals surface area contributed by atoms with E-state index in [1.165, 1.54) is 11.1 Å². The topological polar surface area (TPSA) is 66.4 Å².